The molecule has 1 rings (SSSR count). The lowest BCUT2D eigenvalue weighted by molar-refractivity contribution is -0.186. The van der Waals surface area contributed by atoms with Crippen molar-refractivity contribution in [3.05, 3.63) is 0 Å². The summed E-state index contributed by atoms with van der Waals surface area (Å²) in [5.74, 6) is -1.13. The zero-order chi connectivity index (χ0) is 12.9. The Balaban J connectivity index is 2.34. The highest BCUT2D eigenvalue weighted by atomic mass is 19.4. The molecule has 1 saturated heterocycles. The van der Waals surface area contributed by atoms with Gasteiger partial charge in [-0.15, -0.1) is 0 Å². The van der Waals surface area contributed by atoms with Crippen LogP contribution in [-0.2, 0) is 0 Å². The summed E-state index contributed by atoms with van der Waals surface area (Å²) in [6.45, 7) is 6.73. The monoisotopic (exact) mass is 252 g/mol. The molecule has 0 aromatic carbocycles. The Labute approximate surface area is 102 Å². The fourth-order valence-corrected chi connectivity index (χ4v) is 2.33. The third-order valence-corrected chi connectivity index (χ3v) is 3.24. The van der Waals surface area contributed by atoms with Gasteiger partial charge >= 0.3 is 6.18 Å². The molecule has 2 nitrogen and oxygen atoms in total. The summed E-state index contributed by atoms with van der Waals surface area (Å²) in [5.41, 5.74) is 0. The third kappa shape index (κ3) is 5.25. The molecule has 2 atom stereocenters. The smallest absolute Gasteiger partial charge is 0.313 e. The van der Waals surface area contributed by atoms with Crippen LogP contribution in [0.15, 0.2) is 0 Å². The number of nitrogens with zero attached hydrogens (tertiary/aromatic N) is 1. The molecular weight excluding hydrogens is 229 g/mol. The zero-order valence-corrected chi connectivity index (χ0v) is 10.7. The molecule has 0 radical (unpaired) electrons. The number of hydrogen-bond donors (Lipinski definition) is 1. The van der Waals surface area contributed by atoms with Gasteiger partial charge in [0.25, 0.3) is 0 Å². The standard InChI is InChI=1S/C12H23F3N2/c1-3-6-16-10(2)8-17-7-4-5-11(9-17)12(13,14)15/h10-11,16H,3-9H2,1-2H3. The Kier molecular flexibility index (Phi) is 5.73. The van der Waals surface area contributed by atoms with Crippen molar-refractivity contribution in [2.24, 2.45) is 5.92 Å². The molecule has 0 aliphatic carbocycles. The van der Waals surface area contributed by atoms with E-state index in [2.05, 4.69) is 12.2 Å². The first-order valence-electron chi connectivity index (χ1n) is 6.46. The van der Waals surface area contributed by atoms with Gasteiger partial charge in [-0.3, -0.25) is 0 Å². The second-order valence-corrected chi connectivity index (χ2v) is 5.00. The van der Waals surface area contributed by atoms with Gasteiger partial charge in [0.1, 0.15) is 0 Å². The molecule has 0 spiro atoms. The van der Waals surface area contributed by atoms with Crippen LogP contribution < -0.4 is 5.32 Å². The maximum absolute atomic E-state index is 12.6. The van der Waals surface area contributed by atoms with Crippen LogP contribution >= 0.6 is 0 Å². The summed E-state index contributed by atoms with van der Waals surface area (Å²) in [4.78, 5) is 1.94. The number of nitrogens with one attached hydrogen (secondary N) is 1. The van der Waals surface area contributed by atoms with E-state index in [4.69, 9.17) is 0 Å². The maximum atomic E-state index is 12.6. The van der Waals surface area contributed by atoms with Crippen molar-refractivity contribution in [1.82, 2.24) is 10.2 Å². The second kappa shape index (κ2) is 6.59. The van der Waals surface area contributed by atoms with Gasteiger partial charge in [-0.1, -0.05) is 6.92 Å². The molecule has 0 bridgehead atoms. The second-order valence-electron chi connectivity index (χ2n) is 5.00. The van der Waals surface area contributed by atoms with Crippen molar-refractivity contribution in [2.45, 2.75) is 45.3 Å². The van der Waals surface area contributed by atoms with E-state index >= 15 is 0 Å². The minimum atomic E-state index is -4.03. The fourth-order valence-electron chi connectivity index (χ4n) is 2.33. The van der Waals surface area contributed by atoms with Gasteiger partial charge in [-0.25, -0.2) is 0 Å². The summed E-state index contributed by atoms with van der Waals surface area (Å²) in [7, 11) is 0. The SMILES string of the molecule is CCCNC(C)CN1CCCC(C(F)(F)F)C1. The van der Waals surface area contributed by atoms with Crippen LogP contribution in [-0.4, -0.2) is 43.3 Å². The molecule has 0 aromatic heterocycles. The predicted molar refractivity (Wildman–Crippen MR) is 63.0 cm³/mol. The lowest BCUT2D eigenvalue weighted by Gasteiger charge is -2.35. The van der Waals surface area contributed by atoms with E-state index in [-0.39, 0.29) is 19.0 Å². The Morgan fingerprint density at radius 2 is 2.12 bits per heavy atom. The lowest BCUT2D eigenvalue weighted by Crippen LogP contribution is -2.46. The van der Waals surface area contributed by atoms with Gasteiger partial charge in [0.2, 0.25) is 0 Å². The molecule has 0 aromatic rings. The van der Waals surface area contributed by atoms with Crippen molar-refractivity contribution >= 4 is 0 Å². The summed E-state index contributed by atoms with van der Waals surface area (Å²) < 4.78 is 37.8. The summed E-state index contributed by atoms with van der Waals surface area (Å²) >= 11 is 0. The Hall–Kier alpha value is -0.290. The van der Waals surface area contributed by atoms with E-state index in [1.165, 1.54) is 0 Å². The number of rotatable bonds is 5. The molecule has 1 N–H and O–H groups in total. The van der Waals surface area contributed by atoms with Crippen molar-refractivity contribution in [3.8, 4) is 0 Å². The Morgan fingerprint density at radius 1 is 1.41 bits per heavy atom. The molecule has 5 heteroatoms. The zero-order valence-electron chi connectivity index (χ0n) is 10.7. The van der Waals surface area contributed by atoms with Crippen molar-refractivity contribution in [2.75, 3.05) is 26.2 Å². The minimum absolute atomic E-state index is 0.168. The number of hydrogen-bond acceptors (Lipinski definition) is 2. The first kappa shape index (κ1) is 14.8. The molecule has 0 amide bonds. The van der Waals surface area contributed by atoms with Crippen molar-refractivity contribution in [1.29, 1.82) is 0 Å². The molecule has 1 heterocycles. The number of piperidine rings is 1. The summed E-state index contributed by atoms with van der Waals surface area (Å²) in [6, 6.07) is 0.266. The van der Waals surface area contributed by atoms with Gasteiger partial charge in [-0.05, 0) is 39.3 Å². The summed E-state index contributed by atoms with van der Waals surface area (Å²) in [6.07, 6.45) is -2.03. The van der Waals surface area contributed by atoms with Crippen molar-refractivity contribution in [3.63, 3.8) is 0 Å². The van der Waals surface area contributed by atoms with Crippen LogP contribution in [0.25, 0.3) is 0 Å². The molecule has 1 aliphatic heterocycles. The highest BCUT2D eigenvalue weighted by molar-refractivity contribution is 4.80. The van der Waals surface area contributed by atoms with E-state index in [1.54, 1.807) is 0 Å². The minimum Gasteiger partial charge on any atom is -0.313 e. The normalized spacial score (nSPS) is 24.9. The predicted octanol–water partition coefficient (Wildman–Crippen LogP) is 2.65. The van der Waals surface area contributed by atoms with Gasteiger partial charge in [0.05, 0.1) is 5.92 Å². The van der Waals surface area contributed by atoms with Crippen LogP contribution in [0.1, 0.15) is 33.1 Å². The third-order valence-electron chi connectivity index (χ3n) is 3.24. The molecule has 102 valence electrons. The van der Waals surface area contributed by atoms with E-state index < -0.39 is 12.1 Å². The van der Waals surface area contributed by atoms with Crippen molar-refractivity contribution < 1.29 is 13.2 Å². The highest BCUT2D eigenvalue weighted by Crippen LogP contribution is 2.32. The number of halogens is 3. The first-order valence-corrected chi connectivity index (χ1v) is 6.46. The quantitative estimate of drug-likeness (QED) is 0.809. The Morgan fingerprint density at radius 3 is 2.71 bits per heavy atom. The summed E-state index contributed by atoms with van der Waals surface area (Å²) in [5, 5.41) is 3.31. The number of alkyl halides is 3. The highest BCUT2D eigenvalue weighted by Gasteiger charge is 2.41. The first-order chi connectivity index (χ1) is 7.93. The van der Waals surface area contributed by atoms with Crippen LogP contribution in [0.3, 0.4) is 0 Å². The van der Waals surface area contributed by atoms with Crippen LogP contribution in [0.5, 0.6) is 0 Å². The van der Waals surface area contributed by atoms with Gasteiger partial charge in [-0.2, -0.15) is 13.2 Å². The molecule has 1 fully saturated rings. The van der Waals surface area contributed by atoms with Crippen LogP contribution in [0, 0.1) is 5.92 Å². The van der Waals surface area contributed by atoms with Crippen LogP contribution in [0.4, 0.5) is 13.2 Å². The average molecular weight is 252 g/mol. The number of likely N-dealkylation sites (tertiary alicyclic amines) is 1. The van der Waals surface area contributed by atoms with Gasteiger partial charge in [0, 0.05) is 19.1 Å². The van der Waals surface area contributed by atoms with E-state index in [0.717, 1.165) is 19.5 Å². The molecule has 1 aliphatic rings. The Bertz CT molecular complexity index is 218. The van der Waals surface area contributed by atoms with E-state index in [1.807, 2.05) is 11.8 Å². The largest absolute Gasteiger partial charge is 0.393 e. The molecule has 0 saturated carbocycles. The van der Waals surface area contributed by atoms with Gasteiger partial charge in [0.15, 0.2) is 0 Å². The fraction of sp³-hybridized carbons (Fsp3) is 1.00. The lowest BCUT2D eigenvalue weighted by atomic mass is 9.97. The molecule has 17 heavy (non-hydrogen) atoms. The maximum Gasteiger partial charge on any atom is 0.393 e. The van der Waals surface area contributed by atoms with Crippen LogP contribution in [0.2, 0.25) is 0 Å². The van der Waals surface area contributed by atoms with E-state index in [9.17, 15) is 13.2 Å². The molecular formula is C12H23F3N2. The average Bonchev–Trinajstić information content (AvgIpc) is 2.25. The topological polar surface area (TPSA) is 15.3 Å². The molecule has 2 unspecified atom stereocenters. The van der Waals surface area contributed by atoms with Gasteiger partial charge < -0.3 is 10.2 Å². The van der Waals surface area contributed by atoms with E-state index in [0.29, 0.717) is 13.0 Å².